The first kappa shape index (κ1) is 35.4. The highest BCUT2D eigenvalue weighted by Crippen LogP contribution is 2.57. The first-order valence-electron chi connectivity index (χ1n) is 20.8. The second kappa shape index (κ2) is 14.9. The molecule has 1 heteroatoms. The molecule has 0 fully saturated rings. The minimum absolute atomic E-state index is 0.526. The van der Waals surface area contributed by atoms with Crippen LogP contribution >= 0.6 is 0 Å². The van der Waals surface area contributed by atoms with Crippen LogP contribution in [-0.4, -0.2) is 0 Å². The Hall–Kier alpha value is -7.74. The van der Waals surface area contributed by atoms with Crippen molar-refractivity contribution in [1.29, 1.82) is 0 Å². The van der Waals surface area contributed by atoms with E-state index in [4.69, 9.17) is 0 Å². The molecule has 0 unspecified atom stereocenters. The van der Waals surface area contributed by atoms with E-state index in [2.05, 4.69) is 254 Å². The largest absolute Gasteiger partial charge is 0.310 e. The quantitative estimate of drug-likeness (QED) is 0.149. The average Bonchev–Trinajstić information content (AvgIpc) is 3.63. The minimum atomic E-state index is -0.526. The van der Waals surface area contributed by atoms with Crippen LogP contribution in [0.3, 0.4) is 0 Å². The number of nitrogens with zero attached hydrogens (tertiary/aromatic N) is 1. The molecule has 1 nitrogen and oxygen atoms in total. The molecule has 0 radical (unpaired) electrons. The first-order chi connectivity index (χ1) is 29.8. The molecule has 0 aliphatic heterocycles. The molecule has 0 saturated carbocycles. The Labute approximate surface area is 352 Å². The molecule has 11 rings (SSSR count). The predicted octanol–water partition coefficient (Wildman–Crippen LogP) is 15.7. The molecule has 0 bridgehead atoms. The van der Waals surface area contributed by atoms with Crippen molar-refractivity contribution in [2.75, 3.05) is 4.90 Å². The molecule has 10 aromatic rings. The van der Waals surface area contributed by atoms with Crippen molar-refractivity contribution in [3.63, 3.8) is 0 Å². The summed E-state index contributed by atoms with van der Waals surface area (Å²) in [7, 11) is 0. The standard InChI is InChI=1S/C59H41N/c1-5-19-42(20-6-1)46-37-47(43-21-7-2-8-22-43)40-52(39-46)60(50-30-17-25-45(38-50)54-33-18-24-44-23-13-14-31-53(44)54)51-35-36-56-55-32-15-16-34-57(55)59(58(56)41-51,48-26-9-3-10-27-48)49-28-11-4-12-29-49/h1-41H. The van der Waals surface area contributed by atoms with Gasteiger partial charge in [0.2, 0.25) is 0 Å². The maximum Gasteiger partial charge on any atom is 0.0714 e. The number of rotatable bonds is 8. The lowest BCUT2D eigenvalue weighted by atomic mass is 9.67. The number of hydrogen-bond donors (Lipinski definition) is 0. The zero-order chi connectivity index (χ0) is 39.9. The van der Waals surface area contributed by atoms with Crippen molar-refractivity contribution in [2.45, 2.75) is 5.41 Å². The molecule has 10 aromatic carbocycles. The third-order valence-electron chi connectivity index (χ3n) is 12.3. The van der Waals surface area contributed by atoms with Gasteiger partial charge in [-0.05, 0) is 120 Å². The highest BCUT2D eigenvalue weighted by Gasteiger charge is 2.46. The summed E-state index contributed by atoms with van der Waals surface area (Å²) in [6, 6.07) is 91.2. The van der Waals surface area contributed by atoms with Gasteiger partial charge in [0.05, 0.1) is 5.41 Å². The zero-order valence-corrected chi connectivity index (χ0v) is 33.1. The summed E-state index contributed by atoms with van der Waals surface area (Å²) in [6.07, 6.45) is 0. The number of hydrogen-bond acceptors (Lipinski definition) is 1. The third kappa shape index (κ3) is 5.94. The van der Waals surface area contributed by atoms with Crippen molar-refractivity contribution in [1.82, 2.24) is 0 Å². The molecule has 0 aromatic heterocycles. The minimum Gasteiger partial charge on any atom is -0.310 e. The van der Waals surface area contributed by atoms with Gasteiger partial charge in [-0.25, -0.2) is 0 Å². The van der Waals surface area contributed by atoms with Crippen molar-refractivity contribution in [3.8, 4) is 44.5 Å². The summed E-state index contributed by atoms with van der Waals surface area (Å²) >= 11 is 0. The zero-order valence-electron chi connectivity index (χ0n) is 33.1. The Morgan fingerprint density at radius 3 is 1.43 bits per heavy atom. The molecule has 60 heavy (non-hydrogen) atoms. The molecule has 0 spiro atoms. The van der Waals surface area contributed by atoms with Crippen LogP contribution in [0.2, 0.25) is 0 Å². The molecule has 282 valence electrons. The van der Waals surface area contributed by atoms with E-state index in [0.717, 1.165) is 17.1 Å². The van der Waals surface area contributed by atoms with Gasteiger partial charge in [0, 0.05) is 17.1 Å². The molecule has 1 aliphatic rings. The molecule has 0 amide bonds. The summed E-state index contributed by atoms with van der Waals surface area (Å²) in [5.74, 6) is 0. The van der Waals surface area contributed by atoms with Gasteiger partial charge in [0.25, 0.3) is 0 Å². The second-order valence-electron chi connectivity index (χ2n) is 15.7. The average molecular weight is 764 g/mol. The lowest BCUT2D eigenvalue weighted by Gasteiger charge is -2.35. The van der Waals surface area contributed by atoms with Crippen LogP contribution in [0.1, 0.15) is 22.3 Å². The molecule has 0 saturated heterocycles. The lowest BCUT2D eigenvalue weighted by Crippen LogP contribution is -2.28. The van der Waals surface area contributed by atoms with Gasteiger partial charge >= 0.3 is 0 Å². The fourth-order valence-electron chi connectivity index (χ4n) is 9.64. The van der Waals surface area contributed by atoms with Crippen LogP contribution in [0.4, 0.5) is 17.1 Å². The lowest BCUT2D eigenvalue weighted by molar-refractivity contribution is 0.768. The van der Waals surface area contributed by atoms with E-state index < -0.39 is 5.41 Å². The van der Waals surface area contributed by atoms with Crippen LogP contribution in [0.15, 0.2) is 249 Å². The fourth-order valence-corrected chi connectivity index (χ4v) is 9.64. The molecular formula is C59H41N. The highest BCUT2D eigenvalue weighted by atomic mass is 15.1. The Kier molecular flexibility index (Phi) is 8.79. The van der Waals surface area contributed by atoms with E-state index in [1.54, 1.807) is 0 Å². The van der Waals surface area contributed by atoms with Gasteiger partial charge in [0.15, 0.2) is 0 Å². The maximum atomic E-state index is 2.47. The van der Waals surface area contributed by atoms with E-state index in [0.29, 0.717) is 0 Å². The van der Waals surface area contributed by atoms with Crippen LogP contribution in [-0.2, 0) is 5.41 Å². The summed E-state index contributed by atoms with van der Waals surface area (Å²) in [5, 5.41) is 2.48. The highest BCUT2D eigenvalue weighted by molar-refractivity contribution is 5.98. The Morgan fingerprint density at radius 1 is 0.267 bits per heavy atom. The van der Waals surface area contributed by atoms with Crippen molar-refractivity contribution >= 4 is 27.8 Å². The number of anilines is 3. The van der Waals surface area contributed by atoms with Crippen LogP contribution in [0.5, 0.6) is 0 Å². The van der Waals surface area contributed by atoms with Crippen LogP contribution < -0.4 is 4.90 Å². The van der Waals surface area contributed by atoms with Gasteiger partial charge in [0.1, 0.15) is 0 Å². The Morgan fingerprint density at radius 2 is 0.750 bits per heavy atom. The smallest absolute Gasteiger partial charge is 0.0714 e. The van der Waals surface area contributed by atoms with Crippen LogP contribution in [0.25, 0.3) is 55.3 Å². The van der Waals surface area contributed by atoms with Gasteiger partial charge in [-0.15, -0.1) is 0 Å². The second-order valence-corrected chi connectivity index (χ2v) is 15.7. The predicted molar refractivity (Wildman–Crippen MR) is 252 cm³/mol. The third-order valence-corrected chi connectivity index (χ3v) is 12.3. The number of fused-ring (bicyclic) bond motifs is 4. The topological polar surface area (TPSA) is 3.24 Å². The molecule has 0 atom stereocenters. The van der Waals surface area contributed by atoms with Crippen LogP contribution in [0, 0.1) is 0 Å². The molecule has 0 N–H and O–H groups in total. The number of benzene rings is 10. The maximum absolute atomic E-state index is 2.47. The Balaban J connectivity index is 1.20. The first-order valence-corrected chi connectivity index (χ1v) is 20.8. The normalized spacial score (nSPS) is 12.5. The van der Waals surface area contributed by atoms with Gasteiger partial charge in [-0.1, -0.05) is 206 Å². The summed E-state index contributed by atoms with van der Waals surface area (Å²) in [5.41, 5.74) is 17.4. The van der Waals surface area contributed by atoms with Crippen molar-refractivity contribution in [3.05, 3.63) is 271 Å². The van der Waals surface area contributed by atoms with Gasteiger partial charge in [-0.2, -0.15) is 0 Å². The fraction of sp³-hybridized carbons (Fsp3) is 0.0169. The van der Waals surface area contributed by atoms with Crippen molar-refractivity contribution in [2.24, 2.45) is 0 Å². The molecular weight excluding hydrogens is 723 g/mol. The van der Waals surface area contributed by atoms with E-state index in [-0.39, 0.29) is 0 Å². The summed E-state index contributed by atoms with van der Waals surface area (Å²) in [4.78, 5) is 2.47. The monoisotopic (exact) mass is 763 g/mol. The van der Waals surface area contributed by atoms with E-state index in [9.17, 15) is 0 Å². The van der Waals surface area contributed by atoms with Gasteiger partial charge < -0.3 is 4.90 Å². The summed E-state index contributed by atoms with van der Waals surface area (Å²) < 4.78 is 0. The summed E-state index contributed by atoms with van der Waals surface area (Å²) in [6.45, 7) is 0. The van der Waals surface area contributed by atoms with Gasteiger partial charge in [-0.3, -0.25) is 0 Å². The SMILES string of the molecule is c1ccc(-c2cc(-c3ccccc3)cc(N(c3cccc(-c4cccc5ccccc45)c3)c3ccc4c(c3)C(c3ccccc3)(c3ccccc3)c3ccccc3-4)c2)cc1. The van der Waals surface area contributed by atoms with Crippen molar-refractivity contribution < 1.29 is 0 Å². The van der Waals surface area contributed by atoms with E-state index in [1.807, 2.05) is 0 Å². The molecule has 0 heterocycles. The molecule has 1 aliphatic carbocycles. The Bertz CT molecular complexity index is 3030. The van der Waals surface area contributed by atoms with E-state index in [1.165, 1.54) is 77.5 Å². The van der Waals surface area contributed by atoms with E-state index >= 15 is 0 Å².